The number of hydrogen-bond donors (Lipinski definition) is 0. The molecular formula is C14H18O6. The van der Waals surface area contributed by atoms with E-state index in [0.29, 0.717) is 0 Å². The molecule has 2 aliphatic carbocycles. The summed E-state index contributed by atoms with van der Waals surface area (Å²) >= 11 is 0. The summed E-state index contributed by atoms with van der Waals surface area (Å²) in [4.78, 5) is 35.8. The van der Waals surface area contributed by atoms with E-state index in [0.717, 1.165) is 5.57 Å². The van der Waals surface area contributed by atoms with Crippen LogP contribution in [0.3, 0.4) is 0 Å². The second kappa shape index (κ2) is 4.92. The van der Waals surface area contributed by atoms with Gasteiger partial charge in [0.05, 0.1) is 27.2 Å². The Morgan fingerprint density at radius 2 is 1.60 bits per heavy atom. The summed E-state index contributed by atoms with van der Waals surface area (Å²) in [6.45, 7) is 3.88. The van der Waals surface area contributed by atoms with Crippen molar-refractivity contribution in [3.63, 3.8) is 0 Å². The summed E-state index contributed by atoms with van der Waals surface area (Å²) in [5.74, 6) is -2.21. The maximum absolute atomic E-state index is 12.0. The van der Waals surface area contributed by atoms with Crippen molar-refractivity contribution in [3.8, 4) is 0 Å². The van der Waals surface area contributed by atoms with E-state index in [9.17, 15) is 14.4 Å². The molecule has 6 nitrogen and oxygen atoms in total. The number of carbonyl (C=O) groups is 3. The maximum atomic E-state index is 12.0. The Morgan fingerprint density at radius 1 is 1.05 bits per heavy atom. The smallest absolute Gasteiger partial charge is 0.323 e. The van der Waals surface area contributed by atoms with E-state index in [1.165, 1.54) is 21.3 Å². The predicted octanol–water partition coefficient (Wildman–Crippen LogP) is 0.704. The van der Waals surface area contributed by atoms with E-state index in [4.69, 9.17) is 14.2 Å². The number of methoxy groups -OCH3 is 3. The van der Waals surface area contributed by atoms with E-state index in [1.807, 2.05) is 0 Å². The van der Waals surface area contributed by atoms with Gasteiger partial charge < -0.3 is 14.2 Å². The average Bonchev–Trinajstić information content (AvgIpc) is 2.82. The zero-order chi connectivity index (χ0) is 15.1. The number of esters is 3. The Bertz CT molecular complexity index is 464. The van der Waals surface area contributed by atoms with Crippen molar-refractivity contribution in [2.45, 2.75) is 12.8 Å². The van der Waals surface area contributed by atoms with Gasteiger partial charge in [0.15, 0.2) is 5.41 Å². The zero-order valence-corrected chi connectivity index (χ0v) is 11.8. The topological polar surface area (TPSA) is 78.9 Å². The Labute approximate surface area is 117 Å². The van der Waals surface area contributed by atoms with Gasteiger partial charge in [-0.05, 0) is 24.7 Å². The molecule has 20 heavy (non-hydrogen) atoms. The predicted molar refractivity (Wildman–Crippen MR) is 67.3 cm³/mol. The first kappa shape index (κ1) is 14.6. The summed E-state index contributed by atoms with van der Waals surface area (Å²) in [5.41, 5.74) is -0.610. The number of ether oxygens (including phenoxy) is 3. The van der Waals surface area contributed by atoms with Crippen LogP contribution in [0.2, 0.25) is 0 Å². The highest BCUT2D eigenvalue weighted by atomic mass is 16.5. The molecule has 3 atom stereocenters. The molecule has 0 aromatic carbocycles. The van der Waals surface area contributed by atoms with Crippen molar-refractivity contribution in [1.82, 2.24) is 0 Å². The molecule has 0 bridgehead atoms. The zero-order valence-electron chi connectivity index (χ0n) is 11.8. The number of hydrogen-bond acceptors (Lipinski definition) is 6. The molecule has 0 saturated heterocycles. The molecule has 110 valence electrons. The molecule has 2 rings (SSSR count). The lowest BCUT2D eigenvalue weighted by molar-refractivity contribution is -0.169. The Kier molecular flexibility index (Phi) is 3.58. The van der Waals surface area contributed by atoms with Crippen LogP contribution in [-0.4, -0.2) is 39.2 Å². The van der Waals surface area contributed by atoms with Gasteiger partial charge in [0.1, 0.15) is 0 Å². The lowest BCUT2D eigenvalue weighted by atomic mass is 9.63. The maximum Gasteiger partial charge on any atom is 0.323 e. The van der Waals surface area contributed by atoms with Crippen LogP contribution in [-0.2, 0) is 28.6 Å². The highest BCUT2D eigenvalue weighted by Gasteiger charge is 2.65. The van der Waals surface area contributed by atoms with Crippen molar-refractivity contribution in [1.29, 1.82) is 0 Å². The van der Waals surface area contributed by atoms with E-state index >= 15 is 0 Å². The van der Waals surface area contributed by atoms with Crippen LogP contribution in [0.4, 0.5) is 0 Å². The quantitative estimate of drug-likeness (QED) is 0.328. The molecule has 2 fully saturated rings. The van der Waals surface area contributed by atoms with Crippen LogP contribution < -0.4 is 0 Å². The standard InChI is InChI=1S/C14H18O6/c1-7-8-5-14(12(16)19-3,13(17)20-4)6-9(8)10(7)11(15)18-2/h8-10H,1,5-6H2,2-4H3/t8-,9-,10?/m0/s1. The molecule has 2 saturated carbocycles. The minimum Gasteiger partial charge on any atom is -0.469 e. The molecule has 0 aromatic heterocycles. The van der Waals surface area contributed by atoms with Crippen molar-refractivity contribution in [2.75, 3.05) is 21.3 Å². The summed E-state index contributed by atoms with van der Waals surface area (Å²) in [5, 5.41) is 0. The van der Waals surface area contributed by atoms with E-state index in [1.54, 1.807) is 0 Å². The first-order chi connectivity index (χ1) is 9.42. The average molecular weight is 282 g/mol. The molecule has 0 aromatic rings. The molecule has 0 N–H and O–H groups in total. The van der Waals surface area contributed by atoms with Crippen LogP contribution in [0.25, 0.3) is 0 Å². The Hall–Kier alpha value is -1.85. The fourth-order valence-corrected chi connectivity index (χ4v) is 3.56. The second-order valence-corrected chi connectivity index (χ2v) is 5.32. The van der Waals surface area contributed by atoms with Crippen LogP contribution >= 0.6 is 0 Å². The van der Waals surface area contributed by atoms with Crippen LogP contribution in [0, 0.1) is 23.2 Å². The van der Waals surface area contributed by atoms with Crippen LogP contribution in [0.15, 0.2) is 12.2 Å². The molecule has 0 radical (unpaired) electrons. The van der Waals surface area contributed by atoms with Crippen LogP contribution in [0.5, 0.6) is 0 Å². The summed E-state index contributed by atoms with van der Waals surface area (Å²) in [7, 11) is 3.78. The lowest BCUT2D eigenvalue weighted by Crippen LogP contribution is -2.41. The molecule has 0 aliphatic heterocycles. The molecule has 1 unspecified atom stereocenters. The van der Waals surface area contributed by atoms with Gasteiger partial charge in [0, 0.05) is 0 Å². The van der Waals surface area contributed by atoms with Gasteiger partial charge in [-0.3, -0.25) is 14.4 Å². The first-order valence-electron chi connectivity index (χ1n) is 6.36. The van der Waals surface area contributed by atoms with E-state index < -0.39 is 23.3 Å². The van der Waals surface area contributed by atoms with Gasteiger partial charge in [-0.25, -0.2) is 0 Å². The van der Waals surface area contributed by atoms with Gasteiger partial charge in [-0.15, -0.1) is 0 Å². The van der Waals surface area contributed by atoms with Crippen LogP contribution in [0.1, 0.15) is 12.8 Å². The van der Waals surface area contributed by atoms with Gasteiger partial charge in [0.2, 0.25) is 0 Å². The molecule has 2 aliphatic rings. The fraction of sp³-hybridized carbons (Fsp3) is 0.643. The normalized spacial score (nSPS) is 29.9. The monoisotopic (exact) mass is 282 g/mol. The number of fused-ring (bicyclic) bond motifs is 1. The van der Waals surface area contributed by atoms with Gasteiger partial charge in [-0.1, -0.05) is 12.2 Å². The molecular weight excluding hydrogens is 264 g/mol. The Morgan fingerprint density at radius 3 is 2.05 bits per heavy atom. The van der Waals surface area contributed by atoms with Crippen molar-refractivity contribution in [2.24, 2.45) is 23.2 Å². The number of carbonyl (C=O) groups excluding carboxylic acids is 3. The first-order valence-corrected chi connectivity index (χ1v) is 6.36. The van der Waals surface area contributed by atoms with E-state index in [2.05, 4.69) is 6.58 Å². The van der Waals surface area contributed by atoms with Gasteiger partial charge in [0.25, 0.3) is 0 Å². The van der Waals surface area contributed by atoms with E-state index in [-0.39, 0.29) is 30.6 Å². The van der Waals surface area contributed by atoms with Gasteiger partial charge in [-0.2, -0.15) is 0 Å². The summed E-state index contributed by atoms with van der Waals surface area (Å²) in [6.07, 6.45) is 0.513. The molecule has 6 heteroatoms. The SMILES string of the molecule is C=C1C(C(=O)OC)[C@H]2CC(C(=O)OC)(C(=O)OC)C[C@@H]12. The highest BCUT2D eigenvalue weighted by Crippen LogP contribution is 2.61. The molecule has 0 amide bonds. The molecule has 0 spiro atoms. The number of rotatable bonds is 3. The molecule has 0 heterocycles. The Balaban J connectivity index is 2.29. The third-order valence-corrected chi connectivity index (χ3v) is 4.58. The third-order valence-electron chi connectivity index (χ3n) is 4.58. The van der Waals surface area contributed by atoms with Crippen molar-refractivity contribution in [3.05, 3.63) is 12.2 Å². The minimum absolute atomic E-state index is 0.0442. The van der Waals surface area contributed by atoms with Crippen molar-refractivity contribution >= 4 is 17.9 Å². The van der Waals surface area contributed by atoms with Crippen molar-refractivity contribution < 1.29 is 28.6 Å². The lowest BCUT2D eigenvalue weighted by Gasteiger charge is -2.40. The summed E-state index contributed by atoms with van der Waals surface area (Å²) in [6, 6.07) is 0. The highest BCUT2D eigenvalue weighted by molar-refractivity contribution is 6.01. The third kappa shape index (κ3) is 1.74. The fourth-order valence-electron chi connectivity index (χ4n) is 3.56. The summed E-state index contributed by atoms with van der Waals surface area (Å²) < 4.78 is 14.3. The second-order valence-electron chi connectivity index (χ2n) is 5.32. The van der Waals surface area contributed by atoms with Gasteiger partial charge >= 0.3 is 17.9 Å². The largest absolute Gasteiger partial charge is 0.469 e. The minimum atomic E-state index is -1.33.